The van der Waals surface area contributed by atoms with Crippen LogP contribution >= 0.6 is 0 Å². The Balaban J connectivity index is 1.18. The average molecular weight is 954 g/mol. The molecule has 3 heterocycles. The number of nitrogens with zero attached hydrogens (tertiary/aromatic N) is 3. The fourth-order valence-corrected chi connectivity index (χ4v) is 14.0. The summed E-state index contributed by atoms with van der Waals surface area (Å²) in [6.45, 7) is 29.2. The molecule has 0 atom stereocenters. The standard InChI is InChI=1S/C68H68BN3O/c1-42-34-49-52(68(11,12)41-67(49,9)10)39-56(42)72-58-40-51-50(65(5,6)32-33-66(51,7)8)38-54(58)69-53-31-30-46(70(44-22-15-13-16-23-44)45-24-17-14-18-25-45)37-57(53)71(59-35-43(64(2,3)4)36-60(72)62(59)69)55-28-21-27-48-47-26-19-20-29-61(47)73-63(48)55/h13-31,34-40H,32-33,41H2,1-12H3. The van der Waals surface area contributed by atoms with Gasteiger partial charge in [0.2, 0.25) is 0 Å². The first-order valence-electron chi connectivity index (χ1n) is 26.8. The van der Waals surface area contributed by atoms with Gasteiger partial charge in [-0.2, -0.15) is 0 Å². The lowest BCUT2D eigenvalue weighted by Crippen LogP contribution is -2.62. The number of anilines is 9. The first kappa shape index (κ1) is 45.9. The van der Waals surface area contributed by atoms with Gasteiger partial charge >= 0.3 is 0 Å². The summed E-state index contributed by atoms with van der Waals surface area (Å²) in [6, 6.07) is 59.8. The molecule has 0 N–H and O–H groups in total. The maximum atomic E-state index is 7.06. The quantitative estimate of drug-likeness (QED) is 0.160. The average Bonchev–Trinajstić information content (AvgIpc) is 3.83. The summed E-state index contributed by atoms with van der Waals surface area (Å²) in [4.78, 5) is 7.71. The summed E-state index contributed by atoms with van der Waals surface area (Å²) in [7, 11) is 0. The zero-order chi connectivity index (χ0) is 50.7. The zero-order valence-electron chi connectivity index (χ0n) is 45.0. The number of fused-ring (bicyclic) bond motifs is 9. The third-order valence-electron chi connectivity index (χ3n) is 17.7. The number of hydrogen-bond donors (Lipinski definition) is 0. The fraction of sp³-hybridized carbons (Fsp3) is 0.294. The molecule has 1 aromatic heterocycles. The van der Waals surface area contributed by atoms with E-state index < -0.39 is 0 Å². The maximum Gasteiger partial charge on any atom is 0.252 e. The molecule has 0 fully saturated rings. The Morgan fingerprint density at radius 1 is 0.466 bits per heavy atom. The van der Waals surface area contributed by atoms with E-state index in [1.807, 2.05) is 0 Å². The first-order valence-corrected chi connectivity index (χ1v) is 26.8. The van der Waals surface area contributed by atoms with Crippen LogP contribution in [-0.2, 0) is 27.1 Å². The highest BCUT2D eigenvalue weighted by molar-refractivity contribution is 7.00. The number of rotatable bonds is 5. The van der Waals surface area contributed by atoms with Crippen LogP contribution in [0.3, 0.4) is 0 Å². The highest BCUT2D eigenvalue weighted by Gasteiger charge is 2.49. The van der Waals surface area contributed by atoms with E-state index >= 15 is 0 Å². The molecule has 4 aliphatic rings. The van der Waals surface area contributed by atoms with Crippen LogP contribution in [0.2, 0.25) is 0 Å². The van der Waals surface area contributed by atoms with Crippen molar-refractivity contribution in [1.82, 2.24) is 0 Å². The van der Waals surface area contributed by atoms with E-state index in [4.69, 9.17) is 4.42 Å². The van der Waals surface area contributed by atoms with Gasteiger partial charge in [0.1, 0.15) is 5.58 Å². The summed E-state index contributed by atoms with van der Waals surface area (Å²) in [5.41, 5.74) is 24.8. The molecule has 13 rings (SSSR count). The second kappa shape index (κ2) is 15.5. The molecule has 4 nitrogen and oxygen atoms in total. The Bertz CT molecular complexity index is 3700. The molecule has 364 valence electrons. The normalized spacial score (nSPS) is 17.5. The SMILES string of the molecule is Cc1cc2c(cc1N1c3cc4c(cc3B3c5ccc(N(c6ccccc6)c6ccccc6)cc5N(c5cccc6c5oc5ccccc56)c5cc(C(C)(C)C)cc1c53)C(C)(C)CCC4(C)C)C(C)(C)CC2(C)C. The van der Waals surface area contributed by atoms with Crippen LogP contribution in [0, 0.1) is 6.92 Å². The smallest absolute Gasteiger partial charge is 0.252 e. The fourth-order valence-electron chi connectivity index (χ4n) is 14.0. The largest absolute Gasteiger partial charge is 0.454 e. The minimum Gasteiger partial charge on any atom is -0.454 e. The van der Waals surface area contributed by atoms with Crippen LogP contribution in [0.4, 0.5) is 51.2 Å². The molecule has 2 aliphatic carbocycles. The van der Waals surface area contributed by atoms with Gasteiger partial charge in [0.25, 0.3) is 6.71 Å². The lowest BCUT2D eigenvalue weighted by Gasteiger charge is -2.48. The van der Waals surface area contributed by atoms with Gasteiger partial charge in [-0.05, 0) is 176 Å². The Kier molecular flexibility index (Phi) is 9.75. The van der Waals surface area contributed by atoms with E-state index in [-0.39, 0.29) is 33.8 Å². The third-order valence-corrected chi connectivity index (χ3v) is 17.7. The zero-order valence-corrected chi connectivity index (χ0v) is 45.0. The lowest BCUT2D eigenvalue weighted by atomic mass is 9.33. The summed E-state index contributed by atoms with van der Waals surface area (Å²) in [6.07, 6.45) is 3.42. The van der Waals surface area contributed by atoms with E-state index in [1.165, 1.54) is 72.5 Å². The molecular weight excluding hydrogens is 886 g/mol. The number of hydrogen-bond acceptors (Lipinski definition) is 4. The molecule has 2 aliphatic heterocycles. The van der Waals surface area contributed by atoms with Crippen molar-refractivity contribution in [1.29, 1.82) is 0 Å². The Hall–Kier alpha value is -6.98. The van der Waals surface area contributed by atoms with Crippen molar-refractivity contribution in [2.45, 2.75) is 129 Å². The molecular formula is C68H68BN3O. The van der Waals surface area contributed by atoms with Gasteiger partial charge in [-0.25, -0.2) is 0 Å². The topological polar surface area (TPSA) is 22.9 Å². The summed E-state index contributed by atoms with van der Waals surface area (Å²) >= 11 is 0. The van der Waals surface area contributed by atoms with Gasteiger partial charge in [0, 0.05) is 56.3 Å². The first-order chi connectivity index (χ1) is 34.7. The highest BCUT2D eigenvalue weighted by atomic mass is 16.3. The van der Waals surface area contributed by atoms with E-state index in [1.54, 1.807) is 0 Å². The molecule has 0 unspecified atom stereocenters. The van der Waals surface area contributed by atoms with Crippen LogP contribution in [-0.4, -0.2) is 6.71 Å². The monoisotopic (exact) mass is 954 g/mol. The Morgan fingerprint density at radius 2 is 1.00 bits per heavy atom. The van der Waals surface area contributed by atoms with Crippen LogP contribution in [0.15, 0.2) is 162 Å². The van der Waals surface area contributed by atoms with Crippen molar-refractivity contribution in [3.05, 3.63) is 191 Å². The van der Waals surface area contributed by atoms with E-state index in [9.17, 15) is 0 Å². The number of benzene rings is 8. The molecule has 0 saturated carbocycles. The predicted octanol–water partition coefficient (Wildman–Crippen LogP) is 17.1. The molecule has 0 bridgehead atoms. The third kappa shape index (κ3) is 6.86. The Labute approximate surface area is 433 Å². The summed E-state index contributed by atoms with van der Waals surface area (Å²) in [5.74, 6) is 0. The van der Waals surface area contributed by atoms with E-state index in [0.717, 1.165) is 69.6 Å². The van der Waals surface area contributed by atoms with Crippen molar-refractivity contribution in [2.24, 2.45) is 0 Å². The van der Waals surface area contributed by atoms with Crippen LogP contribution in [0.25, 0.3) is 21.9 Å². The number of para-hydroxylation sites is 4. The van der Waals surface area contributed by atoms with E-state index in [2.05, 4.69) is 256 Å². The molecule has 0 radical (unpaired) electrons. The van der Waals surface area contributed by atoms with Crippen molar-refractivity contribution in [3.8, 4) is 0 Å². The van der Waals surface area contributed by atoms with Gasteiger partial charge in [-0.15, -0.1) is 0 Å². The van der Waals surface area contributed by atoms with Gasteiger partial charge in [-0.1, -0.05) is 161 Å². The molecule has 5 heteroatoms. The lowest BCUT2D eigenvalue weighted by molar-refractivity contribution is 0.332. The van der Waals surface area contributed by atoms with Gasteiger partial charge < -0.3 is 19.1 Å². The van der Waals surface area contributed by atoms with E-state index in [0.29, 0.717) is 0 Å². The predicted molar refractivity (Wildman–Crippen MR) is 312 cm³/mol. The van der Waals surface area contributed by atoms with Gasteiger partial charge in [0.15, 0.2) is 5.58 Å². The minimum absolute atomic E-state index is 0.0131. The van der Waals surface area contributed by atoms with Crippen LogP contribution in [0.1, 0.15) is 129 Å². The maximum absolute atomic E-state index is 7.06. The number of aryl methyl sites for hydroxylation is 1. The molecule has 0 saturated heterocycles. The summed E-state index contributed by atoms with van der Waals surface area (Å²) < 4.78 is 7.06. The molecule has 9 aromatic rings. The van der Waals surface area contributed by atoms with Crippen molar-refractivity contribution in [2.75, 3.05) is 14.7 Å². The van der Waals surface area contributed by atoms with Crippen molar-refractivity contribution in [3.63, 3.8) is 0 Å². The number of furan rings is 1. The van der Waals surface area contributed by atoms with Gasteiger partial charge in [-0.3, -0.25) is 0 Å². The summed E-state index contributed by atoms with van der Waals surface area (Å²) in [5, 5.41) is 2.24. The van der Waals surface area contributed by atoms with Crippen molar-refractivity contribution < 1.29 is 4.42 Å². The molecule has 0 amide bonds. The van der Waals surface area contributed by atoms with Gasteiger partial charge in [0.05, 0.1) is 5.69 Å². The van der Waals surface area contributed by atoms with Crippen LogP contribution < -0.4 is 31.1 Å². The highest BCUT2D eigenvalue weighted by Crippen LogP contribution is 2.56. The second-order valence-electron chi connectivity index (χ2n) is 25.6. The molecule has 8 aromatic carbocycles. The molecule has 73 heavy (non-hydrogen) atoms. The molecule has 0 spiro atoms. The van der Waals surface area contributed by atoms with Crippen LogP contribution in [0.5, 0.6) is 0 Å². The minimum atomic E-state index is -0.176. The second-order valence-corrected chi connectivity index (χ2v) is 25.6. The Morgan fingerprint density at radius 3 is 1.64 bits per heavy atom. The van der Waals surface area contributed by atoms with Crippen molar-refractivity contribution >= 4 is 96.2 Å².